The minimum atomic E-state index is -2.48. The van der Waals surface area contributed by atoms with Crippen molar-refractivity contribution in [3.8, 4) is 0 Å². The molecule has 2 rings (SSSR count). The Labute approximate surface area is 106 Å². The fraction of sp³-hybridized carbons (Fsp3) is 0.429. The van der Waals surface area contributed by atoms with Crippen molar-refractivity contribution in [3.05, 3.63) is 36.0 Å². The summed E-state index contributed by atoms with van der Waals surface area (Å²) in [5.74, 6) is 0.605. The number of nitrogens with one attached hydrogen (secondary N) is 1. The lowest BCUT2D eigenvalue weighted by Gasteiger charge is -2.08. The molecule has 4 heteroatoms. The molecule has 1 aromatic carbocycles. The molecule has 0 atom stereocenters. The molecule has 0 aliphatic carbocycles. The van der Waals surface area contributed by atoms with Crippen molar-refractivity contribution in [1.82, 2.24) is 9.88 Å². The van der Waals surface area contributed by atoms with Crippen LogP contribution in [0.2, 0.25) is 0 Å². The van der Waals surface area contributed by atoms with Gasteiger partial charge in [0, 0.05) is 18.1 Å². The van der Waals surface area contributed by atoms with Crippen LogP contribution in [0.4, 0.5) is 8.78 Å². The van der Waals surface area contributed by atoms with Crippen LogP contribution in [0.25, 0.3) is 10.9 Å². The van der Waals surface area contributed by atoms with Gasteiger partial charge in [0.1, 0.15) is 0 Å². The molecule has 1 heterocycles. The van der Waals surface area contributed by atoms with Crippen LogP contribution in [-0.2, 0) is 6.54 Å². The molecule has 0 aliphatic rings. The van der Waals surface area contributed by atoms with Gasteiger partial charge in [0.2, 0.25) is 0 Å². The van der Waals surface area contributed by atoms with Gasteiger partial charge in [0.05, 0.1) is 5.52 Å². The average molecular weight is 252 g/mol. The van der Waals surface area contributed by atoms with E-state index in [1.165, 1.54) is 6.20 Å². The molecule has 0 fully saturated rings. The van der Waals surface area contributed by atoms with Crippen LogP contribution in [-0.4, -0.2) is 11.1 Å². The third kappa shape index (κ3) is 2.88. The lowest BCUT2D eigenvalue weighted by Crippen LogP contribution is -2.18. The molecule has 0 unspecified atom stereocenters. The van der Waals surface area contributed by atoms with Crippen molar-refractivity contribution >= 4 is 10.9 Å². The van der Waals surface area contributed by atoms with Gasteiger partial charge in [-0.15, -0.1) is 0 Å². The van der Waals surface area contributed by atoms with Gasteiger partial charge < -0.3 is 5.32 Å². The minimum absolute atomic E-state index is 0.581. The summed E-state index contributed by atoms with van der Waals surface area (Å²) in [6.45, 7) is 3.55. The second kappa shape index (κ2) is 5.48. The van der Waals surface area contributed by atoms with E-state index in [1.54, 1.807) is 12.1 Å². The Balaban J connectivity index is 2.13. The van der Waals surface area contributed by atoms with Gasteiger partial charge in [-0.05, 0) is 36.2 Å². The summed E-state index contributed by atoms with van der Waals surface area (Å²) >= 11 is 0. The molecule has 0 aliphatic heterocycles. The second-order valence-corrected chi connectivity index (χ2v) is 4.92. The molecule has 0 saturated carbocycles. The Hall–Kier alpha value is -1.42. The number of benzene rings is 1. The van der Waals surface area contributed by atoms with E-state index in [2.05, 4.69) is 19.2 Å². The fourth-order valence-corrected chi connectivity index (χ4v) is 2.00. The highest BCUT2D eigenvalue weighted by atomic mass is 19.3. The highest BCUT2D eigenvalue weighted by molar-refractivity contribution is 5.80. The molecule has 1 N–H and O–H groups in total. The molecule has 0 saturated heterocycles. The van der Waals surface area contributed by atoms with Crippen molar-refractivity contribution in [2.75, 3.05) is 6.54 Å². The lowest BCUT2D eigenvalue weighted by molar-refractivity contribution is 0.0752. The molecule has 18 heavy (non-hydrogen) atoms. The quantitative estimate of drug-likeness (QED) is 0.856. The predicted octanol–water partition coefficient (Wildman–Crippen LogP) is 3.78. The van der Waals surface area contributed by atoms with E-state index in [1.807, 2.05) is 12.1 Å². The molecular formula is C14H18F2N2. The first kappa shape index (κ1) is 13.0. The Morgan fingerprint density at radius 1 is 1.22 bits per heavy atom. The Morgan fingerprint density at radius 3 is 2.67 bits per heavy atom. The van der Waals surface area contributed by atoms with Crippen molar-refractivity contribution in [2.45, 2.75) is 26.9 Å². The number of rotatable bonds is 5. The van der Waals surface area contributed by atoms with Crippen LogP contribution in [0.15, 0.2) is 30.5 Å². The van der Waals surface area contributed by atoms with E-state index < -0.39 is 6.55 Å². The first-order valence-electron chi connectivity index (χ1n) is 6.16. The lowest BCUT2D eigenvalue weighted by atomic mass is 10.1. The van der Waals surface area contributed by atoms with E-state index in [-0.39, 0.29) is 0 Å². The van der Waals surface area contributed by atoms with Crippen LogP contribution < -0.4 is 5.32 Å². The maximum Gasteiger partial charge on any atom is 0.319 e. The van der Waals surface area contributed by atoms with Gasteiger partial charge in [-0.3, -0.25) is 4.57 Å². The Bertz CT molecular complexity index is 517. The SMILES string of the molecule is CC(C)CNCc1ccc2c(ccn2C(F)F)c1. The number of fused-ring (bicyclic) bond motifs is 1. The number of nitrogens with zero attached hydrogens (tertiary/aromatic N) is 1. The van der Waals surface area contributed by atoms with Crippen LogP contribution >= 0.6 is 0 Å². The fourth-order valence-electron chi connectivity index (χ4n) is 2.00. The van der Waals surface area contributed by atoms with Crippen LogP contribution in [0.3, 0.4) is 0 Å². The van der Waals surface area contributed by atoms with Crippen LogP contribution in [0.1, 0.15) is 26.0 Å². The maximum absolute atomic E-state index is 12.7. The predicted molar refractivity (Wildman–Crippen MR) is 69.7 cm³/mol. The molecule has 98 valence electrons. The largest absolute Gasteiger partial charge is 0.319 e. The Kier molecular flexibility index (Phi) is 3.97. The summed E-state index contributed by atoms with van der Waals surface area (Å²) in [6, 6.07) is 7.34. The standard InChI is InChI=1S/C14H18F2N2/c1-10(2)8-17-9-11-3-4-13-12(7-11)5-6-18(13)14(15)16/h3-7,10,14,17H,8-9H2,1-2H3. The van der Waals surface area contributed by atoms with Crippen molar-refractivity contribution in [3.63, 3.8) is 0 Å². The minimum Gasteiger partial charge on any atom is -0.312 e. The molecule has 0 amide bonds. The zero-order valence-electron chi connectivity index (χ0n) is 10.7. The van der Waals surface area contributed by atoms with E-state index in [9.17, 15) is 8.78 Å². The van der Waals surface area contributed by atoms with Gasteiger partial charge in [-0.1, -0.05) is 19.9 Å². The third-order valence-corrected chi connectivity index (χ3v) is 2.88. The summed E-state index contributed by atoms with van der Waals surface area (Å²) in [5, 5.41) is 4.20. The number of aromatic nitrogens is 1. The summed E-state index contributed by atoms with van der Waals surface area (Å²) < 4.78 is 26.3. The Morgan fingerprint density at radius 2 is 2.00 bits per heavy atom. The average Bonchev–Trinajstić information content (AvgIpc) is 2.71. The van der Waals surface area contributed by atoms with Gasteiger partial charge in [0.15, 0.2) is 0 Å². The third-order valence-electron chi connectivity index (χ3n) is 2.88. The molecular weight excluding hydrogens is 234 g/mol. The summed E-state index contributed by atoms with van der Waals surface area (Å²) in [7, 11) is 0. The first-order chi connectivity index (χ1) is 8.58. The molecule has 2 nitrogen and oxygen atoms in total. The van der Waals surface area contributed by atoms with Gasteiger partial charge in [-0.2, -0.15) is 8.78 Å². The maximum atomic E-state index is 12.7. The summed E-state index contributed by atoms with van der Waals surface area (Å²) in [5.41, 5.74) is 1.70. The zero-order chi connectivity index (χ0) is 13.1. The number of hydrogen-bond acceptors (Lipinski definition) is 1. The molecule has 0 bridgehead atoms. The van der Waals surface area contributed by atoms with Crippen LogP contribution in [0, 0.1) is 5.92 Å². The highest BCUT2D eigenvalue weighted by Gasteiger charge is 2.09. The van der Waals surface area contributed by atoms with Crippen molar-refractivity contribution < 1.29 is 8.78 Å². The molecule has 0 spiro atoms. The van der Waals surface area contributed by atoms with E-state index in [0.29, 0.717) is 11.4 Å². The van der Waals surface area contributed by atoms with E-state index >= 15 is 0 Å². The number of hydrogen-bond donors (Lipinski definition) is 1. The summed E-state index contributed by atoms with van der Waals surface area (Å²) in [6.07, 6.45) is 1.43. The van der Waals surface area contributed by atoms with Gasteiger partial charge >= 0.3 is 6.55 Å². The van der Waals surface area contributed by atoms with Crippen LogP contribution in [0.5, 0.6) is 0 Å². The molecule has 2 aromatic rings. The molecule has 1 aromatic heterocycles. The number of alkyl halides is 2. The second-order valence-electron chi connectivity index (χ2n) is 4.92. The van der Waals surface area contributed by atoms with Crippen molar-refractivity contribution in [2.24, 2.45) is 5.92 Å². The van der Waals surface area contributed by atoms with E-state index in [4.69, 9.17) is 0 Å². The monoisotopic (exact) mass is 252 g/mol. The number of halogens is 2. The zero-order valence-corrected chi connectivity index (χ0v) is 10.7. The molecule has 0 radical (unpaired) electrons. The summed E-state index contributed by atoms with van der Waals surface area (Å²) in [4.78, 5) is 0. The highest BCUT2D eigenvalue weighted by Crippen LogP contribution is 2.22. The topological polar surface area (TPSA) is 17.0 Å². The van der Waals surface area contributed by atoms with Gasteiger partial charge in [0.25, 0.3) is 0 Å². The van der Waals surface area contributed by atoms with E-state index in [0.717, 1.165) is 28.6 Å². The van der Waals surface area contributed by atoms with Crippen molar-refractivity contribution in [1.29, 1.82) is 0 Å². The van der Waals surface area contributed by atoms with Gasteiger partial charge in [-0.25, -0.2) is 0 Å². The smallest absolute Gasteiger partial charge is 0.312 e. The normalized spacial score (nSPS) is 11.9. The first-order valence-corrected chi connectivity index (χ1v) is 6.16.